The Bertz CT molecular complexity index is 1550. The average molecular weight is 573 g/mol. The van der Waals surface area contributed by atoms with E-state index in [-0.39, 0.29) is 6.04 Å². The quantitative estimate of drug-likeness (QED) is 0.225. The first-order valence-electron chi connectivity index (χ1n) is 15.1. The van der Waals surface area contributed by atoms with Crippen LogP contribution in [0, 0.1) is 6.92 Å². The van der Waals surface area contributed by atoms with Crippen molar-refractivity contribution in [3.63, 3.8) is 0 Å². The van der Waals surface area contributed by atoms with Crippen molar-refractivity contribution in [1.29, 1.82) is 0 Å². The summed E-state index contributed by atoms with van der Waals surface area (Å²) in [5.41, 5.74) is 8.35. The van der Waals surface area contributed by atoms with Gasteiger partial charge >= 0.3 is 0 Å². The Labute approximate surface area is 255 Å². The van der Waals surface area contributed by atoms with Crippen LogP contribution in [0.5, 0.6) is 11.5 Å². The Morgan fingerprint density at radius 2 is 1.70 bits per heavy atom. The van der Waals surface area contributed by atoms with E-state index in [9.17, 15) is 5.11 Å². The summed E-state index contributed by atoms with van der Waals surface area (Å²) in [7, 11) is 1.71. The molecule has 3 aromatic carbocycles. The number of aromatic hydroxyl groups is 1. The van der Waals surface area contributed by atoms with Gasteiger partial charge in [-0.1, -0.05) is 48.0 Å². The Morgan fingerprint density at radius 1 is 0.953 bits per heavy atom. The Balaban J connectivity index is 1.15. The van der Waals surface area contributed by atoms with Crippen LogP contribution in [-0.4, -0.2) is 47.8 Å². The van der Waals surface area contributed by atoms with Crippen LogP contribution in [0.4, 0.5) is 5.69 Å². The number of methoxy groups -OCH3 is 1. The normalized spacial score (nSPS) is 17.3. The van der Waals surface area contributed by atoms with E-state index in [1.54, 1.807) is 19.2 Å². The standard InChI is InChI=1S/C37H40N4O2/c1-27-3-5-30(6-4-27)37-24-29(16-20-39-37)26-41(32-9-13-35(43-2)14-10-32)33-17-21-40(22-18-33)25-28-15-19-38-36(23-28)31-7-11-34(42)12-8-31/h3-16,19-20,23-24,33,36,38,42H,17-18,21-22,25-26H2,1-2H3. The summed E-state index contributed by atoms with van der Waals surface area (Å²) in [6, 6.07) is 29.4. The maximum Gasteiger partial charge on any atom is 0.119 e. The molecule has 2 aliphatic rings. The zero-order valence-electron chi connectivity index (χ0n) is 25.0. The molecule has 6 heteroatoms. The van der Waals surface area contributed by atoms with Gasteiger partial charge in [-0.15, -0.1) is 0 Å². The third-order valence-electron chi connectivity index (χ3n) is 8.54. The first kappa shape index (κ1) is 28.6. The number of aryl methyl sites for hydroxylation is 1. The first-order chi connectivity index (χ1) is 21.0. The summed E-state index contributed by atoms with van der Waals surface area (Å²) in [4.78, 5) is 9.81. The number of benzene rings is 3. The monoisotopic (exact) mass is 572 g/mol. The van der Waals surface area contributed by atoms with E-state index in [0.717, 1.165) is 61.6 Å². The molecule has 6 nitrogen and oxygen atoms in total. The highest BCUT2D eigenvalue weighted by Crippen LogP contribution is 2.30. The van der Waals surface area contributed by atoms with Crippen LogP contribution in [0.2, 0.25) is 0 Å². The number of pyridine rings is 1. The van der Waals surface area contributed by atoms with Crippen molar-refractivity contribution in [2.24, 2.45) is 0 Å². The molecule has 220 valence electrons. The summed E-state index contributed by atoms with van der Waals surface area (Å²) in [6.07, 6.45) is 10.7. The van der Waals surface area contributed by atoms with Crippen molar-refractivity contribution < 1.29 is 9.84 Å². The van der Waals surface area contributed by atoms with Gasteiger partial charge in [-0.05, 0) is 97.3 Å². The zero-order chi connectivity index (χ0) is 29.6. The van der Waals surface area contributed by atoms with E-state index >= 15 is 0 Å². The Kier molecular flexibility index (Phi) is 8.75. The number of nitrogens with zero attached hydrogens (tertiary/aromatic N) is 3. The number of likely N-dealkylation sites (tertiary alicyclic amines) is 1. The molecule has 1 atom stereocenters. The van der Waals surface area contributed by atoms with Crippen LogP contribution in [0.1, 0.15) is 35.6 Å². The second kappa shape index (κ2) is 13.2. The minimum Gasteiger partial charge on any atom is -0.508 e. The maximum absolute atomic E-state index is 9.66. The molecule has 0 aliphatic carbocycles. The van der Waals surface area contributed by atoms with Crippen LogP contribution < -0.4 is 15.0 Å². The smallest absolute Gasteiger partial charge is 0.119 e. The maximum atomic E-state index is 9.66. The molecule has 0 spiro atoms. The van der Waals surface area contributed by atoms with Crippen LogP contribution >= 0.6 is 0 Å². The molecule has 1 unspecified atom stereocenters. The summed E-state index contributed by atoms with van der Waals surface area (Å²) in [5, 5.41) is 13.1. The molecular weight excluding hydrogens is 532 g/mol. The minimum atomic E-state index is 0.119. The lowest BCUT2D eigenvalue weighted by atomic mass is 9.98. The van der Waals surface area contributed by atoms with Gasteiger partial charge < -0.3 is 20.1 Å². The number of hydrogen-bond donors (Lipinski definition) is 2. The van der Waals surface area contributed by atoms with Gasteiger partial charge in [-0.3, -0.25) is 9.88 Å². The number of phenols is 1. The third kappa shape index (κ3) is 7.09. The second-order valence-corrected chi connectivity index (χ2v) is 11.6. The molecule has 0 bridgehead atoms. The predicted molar refractivity (Wildman–Crippen MR) is 174 cm³/mol. The molecule has 6 rings (SSSR count). The topological polar surface area (TPSA) is 60.9 Å². The van der Waals surface area contributed by atoms with E-state index in [4.69, 9.17) is 4.74 Å². The van der Waals surface area contributed by atoms with Crippen LogP contribution in [-0.2, 0) is 6.54 Å². The molecule has 2 N–H and O–H groups in total. The van der Waals surface area contributed by atoms with E-state index in [2.05, 4.69) is 99.8 Å². The van der Waals surface area contributed by atoms with Gasteiger partial charge in [0.25, 0.3) is 0 Å². The molecule has 1 aromatic heterocycles. The molecule has 43 heavy (non-hydrogen) atoms. The molecule has 3 heterocycles. The van der Waals surface area contributed by atoms with E-state index in [0.29, 0.717) is 11.8 Å². The molecular formula is C37H40N4O2. The second-order valence-electron chi connectivity index (χ2n) is 11.6. The molecule has 1 fully saturated rings. The van der Waals surface area contributed by atoms with Crippen molar-refractivity contribution >= 4 is 5.69 Å². The average Bonchev–Trinajstić information content (AvgIpc) is 3.05. The van der Waals surface area contributed by atoms with Crippen molar-refractivity contribution in [3.05, 3.63) is 132 Å². The molecule has 0 saturated carbocycles. The number of hydrogen-bond acceptors (Lipinski definition) is 6. The molecule has 0 radical (unpaired) electrons. The van der Waals surface area contributed by atoms with E-state index in [1.807, 2.05) is 24.5 Å². The number of dihydropyridines is 1. The predicted octanol–water partition coefficient (Wildman–Crippen LogP) is 7.03. The van der Waals surface area contributed by atoms with E-state index in [1.165, 1.54) is 22.4 Å². The van der Waals surface area contributed by atoms with Crippen LogP contribution in [0.25, 0.3) is 11.3 Å². The number of aromatic nitrogens is 1. The number of ether oxygens (including phenoxy) is 1. The van der Waals surface area contributed by atoms with Gasteiger partial charge in [0.05, 0.1) is 18.8 Å². The van der Waals surface area contributed by atoms with Gasteiger partial charge in [-0.2, -0.15) is 0 Å². The highest BCUT2D eigenvalue weighted by molar-refractivity contribution is 5.60. The van der Waals surface area contributed by atoms with Gasteiger partial charge in [0, 0.05) is 49.7 Å². The Morgan fingerprint density at radius 3 is 2.42 bits per heavy atom. The fourth-order valence-corrected chi connectivity index (χ4v) is 6.06. The summed E-state index contributed by atoms with van der Waals surface area (Å²) >= 11 is 0. The summed E-state index contributed by atoms with van der Waals surface area (Å²) in [5.74, 6) is 1.17. The first-order valence-corrected chi connectivity index (χ1v) is 15.1. The zero-order valence-corrected chi connectivity index (χ0v) is 25.0. The van der Waals surface area contributed by atoms with Crippen molar-refractivity contribution in [3.8, 4) is 22.8 Å². The molecule has 0 amide bonds. The summed E-state index contributed by atoms with van der Waals surface area (Å²) in [6.45, 7) is 5.97. The van der Waals surface area contributed by atoms with E-state index < -0.39 is 0 Å². The fourth-order valence-electron chi connectivity index (χ4n) is 6.06. The van der Waals surface area contributed by atoms with Gasteiger partial charge in [0.1, 0.15) is 11.5 Å². The van der Waals surface area contributed by atoms with Crippen molar-refractivity contribution in [1.82, 2.24) is 15.2 Å². The van der Waals surface area contributed by atoms with Crippen LogP contribution in [0.15, 0.2) is 115 Å². The van der Waals surface area contributed by atoms with Gasteiger partial charge in [0.2, 0.25) is 0 Å². The lowest BCUT2D eigenvalue weighted by Crippen LogP contribution is -2.45. The summed E-state index contributed by atoms with van der Waals surface area (Å²) < 4.78 is 5.45. The number of phenolic OH excluding ortho intramolecular Hbond substituents is 1. The van der Waals surface area contributed by atoms with Crippen molar-refractivity contribution in [2.45, 2.75) is 38.4 Å². The highest BCUT2D eigenvalue weighted by atomic mass is 16.5. The lowest BCUT2D eigenvalue weighted by molar-refractivity contribution is 0.224. The fraction of sp³-hybridized carbons (Fsp3) is 0.270. The lowest BCUT2D eigenvalue weighted by Gasteiger charge is -2.40. The Hall–Kier alpha value is -4.55. The van der Waals surface area contributed by atoms with Gasteiger partial charge in [0.15, 0.2) is 0 Å². The highest BCUT2D eigenvalue weighted by Gasteiger charge is 2.26. The molecule has 1 saturated heterocycles. The number of anilines is 1. The van der Waals surface area contributed by atoms with Gasteiger partial charge in [-0.25, -0.2) is 0 Å². The molecule has 2 aliphatic heterocycles. The largest absolute Gasteiger partial charge is 0.508 e. The minimum absolute atomic E-state index is 0.119. The number of nitrogens with one attached hydrogen (secondary N) is 1. The number of piperidine rings is 1. The van der Waals surface area contributed by atoms with Crippen LogP contribution in [0.3, 0.4) is 0 Å². The molecule has 4 aromatic rings. The number of rotatable bonds is 9. The third-order valence-corrected chi connectivity index (χ3v) is 8.54. The van der Waals surface area contributed by atoms with Crippen molar-refractivity contribution in [2.75, 3.05) is 31.6 Å². The SMILES string of the molecule is COc1ccc(N(Cc2ccnc(-c3ccc(C)cc3)c2)C2CCN(CC3=CC(c4ccc(O)cc4)NC=C3)CC2)cc1.